The van der Waals surface area contributed by atoms with E-state index in [1.165, 1.54) is 0 Å². The average Bonchev–Trinajstić information content (AvgIpc) is 2.64. The minimum absolute atomic E-state index is 0.00247. The fourth-order valence-electron chi connectivity index (χ4n) is 3.14. The van der Waals surface area contributed by atoms with Gasteiger partial charge >= 0.3 is 0 Å². The molecule has 0 fully saturated rings. The number of rotatable bonds is 2. The molecule has 130 valence electrons. The van der Waals surface area contributed by atoms with Gasteiger partial charge in [0, 0.05) is 38.3 Å². The van der Waals surface area contributed by atoms with Crippen LogP contribution in [0.5, 0.6) is 11.5 Å². The number of anilines is 2. The number of fused-ring (bicyclic) bond motifs is 3. The number of allylic oxidation sites excluding steroid dienone is 1. The summed E-state index contributed by atoms with van der Waals surface area (Å²) in [6.45, 7) is 1.70. The van der Waals surface area contributed by atoms with Crippen LogP contribution in [0.25, 0.3) is 5.70 Å². The van der Waals surface area contributed by atoms with Crippen molar-refractivity contribution in [1.29, 1.82) is 0 Å². The van der Waals surface area contributed by atoms with Crippen molar-refractivity contribution in [3.63, 3.8) is 0 Å². The molecule has 1 aliphatic heterocycles. The summed E-state index contributed by atoms with van der Waals surface area (Å²) < 4.78 is 11.6. The number of ether oxygens (including phenoxy) is 2. The van der Waals surface area contributed by atoms with Gasteiger partial charge in [-0.1, -0.05) is 18.1 Å². The number of Topliss-reactive ketones (excluding diaryl/α,β-unsaturated/α-hetero) is 1. The number of carbonyl (C=O) groups is 1. The molecule has 0 radical (unpaired) electrons. The minimum Gasteiger partial charge on any atom is -0.457 e. The largest absolute Gasteiger partial charge is 0.457 e. The second-order valence-electron chi connectivity index (χ2n) is 6.33. The van der Waals surface area contributed by atoms with Crippen LogP contribution >= 0.6 is 0 Å². The number of hydrogen-bond acceptors (Lipinski definition) is 5. The average molecular weight is 346 g/mol. The molecule has 0 atom stereocenters. The SMILES string of the molecule is CC#COc1cccc2c1C1=C(CC2=O)Oc2cc(N(C)C)ccc2N1. The van der Waals surface area contributed by atoms with Gasteiger partial charge < -0.3 is 19.7 Å². The topological polar surface area (TPSA) is 50.8 Å². The predicted molar refractivity (Wildman–Crippen MR) is 101 cm³/mol. The summed E-state index contributed by atoms with van der Waals surface area (Å²) in [6, 6.07) is 11.4. The fourth-order valence-corrected chi connectivity index (χ4v) is 3.14. The van der Waals surface area contributed by atoms with Crippen LogP contribution in [0, 0.1) is 12.0 Å². The lowest BCUT2D eigenvalue weighted by Gasteiger charge is -2.30. The van der Waals surface area contributed by atoms with E-state index in [1.807, 2.05) is 37.2 Å². The lowest BCUT2D eigenvalue weighted by atomic mass is 9.90. The van der Waals surface area contributed by atoms with Gasteiger partial charge in [0.1, 0.15) is 17.6 Å². The normalized spacial score (nSPS) is 14.0. The number of hydrogen-bond donors (Lipinski definition) is 1. The van der Waals surface area contributed by atoms with Crippen molar-refractivity contribution in [2.75, 3.05) is 24.3 Å². The summed E-state index contributed by atoms with van der Waals surface area (Å²) >= 11 is 0. The standard InChI is InChI=1S/C21H18N2O3/c1-4-10-25-17-7-5-6-14-16(24)12-19-21(20(14)17)22-15-9-8-13(23(2)3)11-18(15)26-19/h5-9,11,22H,12H2,1-3H3. The van der Waals surface area contributed by atoms with E-state index in [1.54, 1.807) is 25.1 Å². The fraction of sp³-hybridized carbons (Fsp3) is 0.190. The maximum Gasteiger partial charge on any atom is 0.171 e. The highest BCUT2D eigenvalue weighted by atomic mass is 16.5. The van der Waals surface area contributed by atoms with Gasteiger partial charge in [0.15, 0.2) is 11.5 Å². The zero-order valence-electron chi connectivity index (χ0n) is 14.8. The Morgan fingerprint density at radius 1 is 1.23 bits per heavy atom. The molecule has 1 heterocycles. The number of ketones is 1. The van der Waals surface area contributed by atoms with E-state index < -0.39 is 0 Å². The minimum atomic E-state index is 0.00247. The molecular formula is C21H18N2O3. The molecule has 26 heavy (non-hydrogen) atoms. The number of benzene rings is 2. The summed E-state index contributed by atoms with van der Waals surface area (Å²) in [6.07, 6.45) is 2.82. The Bertz CT molecular complexity index is 1010. The summed E-state index contributed by atoms with van der Waals surface area (Å²) in [5.74, 6) is 4.56. The highest BCUT2D eigenvalue weighted by Gasteiger charge is 2.33. The van der Waals surface area contributed by atoms with E-state index in [-0.39, 0.29) is 12.2 Å². The zero-order chi connectivity index (χ0) is 18.3. The molecule has 0 saturated carbocycles. The number of carbonyl (C=O) groups excluding carboxylic acids is 1. The van der Waals surface area contributed by atoms with Crippen molar-refractivity contribution in [3.8, 4) is 23.5 Å². The third kappa shape index (κ3) is 2.56. The van der Waals surface area contributed by atoms with Crippen LogP contribution in [0.4, 0.5) is 11.4 Å². The van der Waals surface area contributed by atoms with Crippen LogP contribution in [0.2, 0.25) is 0 Å². The zero-order valence-corrected chi connectivity index (χ0v) is 14.8. The van der Waals surface area contributed by atoms with Gasteiger partial charge in [0.25, 0.3) is 0 Å². The first kappa shape index (κ1) is 16.1. The van der Waals surface area contributed by atoms with Crippen molar-refractivity contribution in [3.05, 3.63) is 53.3 Å². The van der Waals surface area contributed by atoms with Crippen molar-refractivity contribution >= 4 is 22.9 Å². The van der Waals surface area contributed by atoms with Crippen LogP contribution < -0.4 is 19.7 Å². The lowest BCUT2D eigenvalue weighted by molar-refractivity contribution is 0.0979. The summed E-state index contributed by atoms with van der Waals surface area (Å²) in [5.41, 5.74) is 3.95. The second kappa shape index (κ2) is 6.16. The first-order valence-corrected chi connectivity index (χ1v) is 8.33. The molecule has 5 heteroatoms. The van der Waals surface area contributed by atoms with Gasteiger partial charge in [-0.05, 0) is 18.2 Å². The van der Waals surface area contributed by atoms with Crippen molar-refractivity contribution in [2.45, 2.75) is 13.3 Å². The number of nitrogens with zero attached hydrogens (tertiary/aromatic N) is 1. The first-order valence-electron chi connectivity index (χ1n) is 8.33. The molecule has 0 spiro atoms. The molecule has 1 N–H and O–H groups in total. The Labute approximate surface area is 152 Å². The van der Waals surface area contributed by atoms with Gasteiger partial charge in [-0.2, -0.15) is 0 Å². The maximum atomic E-state index is 12.6. The molecule has 5 nitrogen and oxygen atoms in total. The van der Waals surface area contributed by atoms with Gasteiger partial charge in [-0.25, -0.2) is 0 Å². The van der Waals surface area contributed by atoms with Crippen LogP contribution in [0.15, 0.2) is 42.2 Å². The summed E-state index contributed by atoms with van der Waals surface area (Å²) in [5, 5.41) is 3.41. The Morgan fingerprint density at radius 3 is 2.85 bits per heavy atom. The Kier molecular flexibility index (Phi) is 3.81. The van der Waals surface area contributed by atoms with Crippen LogP contribution in [0.1, 0.15) is 29.3 Å². The summed E-state index contributed by atoms with van der Waals surface area (Å²) in [7, 11) is 3.95. The maximum absolute atomic E-state index is 12.6. The first-order chi connectivity index (χ1) is 12.6. The van der Waals surface area contributed by atoms with E-state index in [0.29, 0.717) is 28.4 Å². The third-order valence-corrected chi connectivity index (χ3v) is 4.41. The Balaban J connectivity index is 1.82. The van der Waals surface area contributed by atoms with Crippen molar-refractivity contribution in [2.24, 2.45) is 0 Å². The molecule has 2 aliphatic rings. The van der Waals surface area contributed by atoms with Gasteiger partial charge in [0.2, 0.25) is 0 Å². The monoisotopic (exact) mass is 346 g/mol. The molecule has 1 aliphatic carbocycles. The smallest absolute Gasteiger partial charge is 0.171 e. The quantitative estimate of drug-likeness (QED) is 0.837. The molecule has 0 unspecified atom stereocenters. The second-order valence-corrected chi connectivity index (χ2v) is 6.33. The third-order valence-electron chi connectivity index (χ3n) is 4.41. The van der Waals surface area contributed by atoms with E-state index >= 15 is 0 Å². The summed E-state index contributed by atoms with van der Waals surface area (Å²) in [4.78, 5) is 14.6. The van der Waals surface area contributed by atoms with Crippen molar-refractivity contribution < 1.29 is 14.3 Å². The highest BCUT2D eigenvalue weighted by Crippen LogP contribution is 2.44. The van der Waals surface area contributed by atoms with Crippen LogP contribution in [-0.4, -0.2) is 19.9 Å². The Hall–Kier alpha value is -3.39. The van der Waals surface area contributed by atoms with E-state index in [0.717, 1.165) is 17.1 Å². The lowest BCUT2D eigenvalue weighted by Crippen LogP contribution is -2.23. The molecule has 2 aromatic rings. The molecule has 4 rings (SSSR count). The van der Waals surface area contributed by atoms with E-state index in [2.05, 4.69) is 17.3 Å². The van der Waals surface area contributed by atoms with E-state index in [9.17, 15) is 4.79 Å². The molecule has 0 amide bonds. The molecule has 2 aromatic carbocycles. The molecular weight excluding hydrogens is 328 g/mol. The van der Waals surface area contributed by atoms with E-state index in [4.69, 9.17) is 9.47 Å². The molecule has 0 aromatic heterocycles. The molecule has 0 saturated heterocycles. The van der Waals surface area contributed by atoms with Crippen LogP contribution in [-0.2, 0) is 0 Å². The van der Waals surface area contributed by atoms with Crippen LogP contribution in [0.3, 0.4) is 0 Å². The molecule has 0 bridgehead atoms. The number of nitrogens with one attached hydrogen (secondary N) is 1. The highest BCUT2D eigenvalue weighted by molar-refractivity contribution is 6.08. The van der Waals surface area contributed by atoms with Gasteiger partial charge in [0.05, 0.1) is 23.4 Å². The Morgan fingerprint density at radius 2 is 2.08 bits per heavy atom. The van der Waals surface area contributed by atoms with Crippen molar-refractivity contribution in [1.82, 2.24) is 0 Å². The van der Waals surface area contributed by atoms with Gasteiger partial charge in [-0.15, -0.1) is 0 Å². The van der Waals surface area contributed by atoms with Gasteiger partial charge in [-0.3, -0.25) is 4.79 Å². The predicted octanol–water partition coefficient (Wildman–Crippen LogP) is 3.87.